The molecular formula is C37H25N3. The second-order valence-electron chi connectivity index (χ2n) is 9.74. The van der Waals surface area contributed by atoms with E-state index in [0.717, 1.165) is 55.8 Å². The van der Waals surface area contributed by atoms with Gasteiger partial charge in [-0.05, 0) is 34.7 Å². The number of pyridine rings is 1. The molecule has 0 N–H and O–H groups in total. The van der Waals surface area contributed by atoms with Gasteiger partial charge in [0.2, 0.25) is 0 Å². The van der Waals surface area contributed by atoms with Crippen LogP contribution in [0.25, 0.3) is 67.1 Å². The monoisotopic (exact) mass is 511 g/mol. The van der Waals surface area contributed by atoms with Gasteiger partial charge in [-0.2, -0.15) is 0 Å². The van der Waals surface area contributed by atoms with Crippen LogP contribution in [0.5, 0.6) is 0 Å². The number of hydrogen-bond donors (Lipinski definition) is 0. The molecule has 0 radical (unpaired) electrons. The van der Waals surface area contributed by atoms with E-state index in [4.69, 9.17) is 15.0 Å². The molecule has 7 aromatic rings. The van der Waals surface area contributed by atoms with Crippen molar-refractivity contribution in [2.75, 3.05) is 0 Å². The number of aromatic nitrogens is 3. The largest absolute Gasteiger partial charge is 0.256 e. The van der Waals surface area contributed by atoms with Crippen molar-refractivity contribution in [1.29, 1.82) is 0 Å². The SMILES string of the molecule is c1ccc(-c2cc(-c3ccccc3-c3ccccc3)nc(-c3cccc(-c4cc5ccccc5cn4)c3)n2)cc1. The van der Waals surface area contributed by atoms with Gasteiger partial charge in [0, 0.05) is 33.8 Å². The minimum absolute atomic E-state index is 0.682. The Morgan fingerprint density at radius 2 is 0.950 bits per heavy atom. The summed E-state index contributed by atoms with van der Waals surface area (Å²) in [4.78, 5) is 14.9. The molecule has 0 aliphatic rings. The lowest BCUT2D eigenvalue weighted by Crippen LogP contribution is -1.97. The molecule has 3 heteroatoms. The number of rotatable bonds is 5. The molecule has 0 saturated carbocycles. The number of nitrogens with zero attached hydrogens (tertiary/aromatic N) is 3. The zero-order valence-corrected chi connectivity index (χ0v) is 21.8. The minimum Gasteiger partial charge on any atom is -0.256 e. The summed E-state index contributed by atoms with van der Waals surface area (Å²) in [5.74, 6) is 0.682. The second-order valence-corrected chi connectivity index (χ2v) is 9.74. The van der Waals surface area contributed by atoms with Crippen LogP contribution in [0.1, 0.15) is 0 Å². The van der Waals surface area contributed by atoms with E-state index in [9.17, 15) is 0 Å². The molecule has 0 aliphatic carbocycles. The van der Waals surface area contributed by atoms with Crippen LogP contribution < -0.4 is 0 Å². The van der Waals surface area contributed by atoms with E-state index in [-0.39, 0.29) is 0 Å². The highest BCUT2D eigenvalue weighted by molar-refractivity contribution is 5.86. The van der Waals surface area contributed by atoms with Gasteiger partial charge in [0.15, 0.2) is 5.82 Å². The van der Waals surface area contributed by atoms with Gasteiger partial charge in [0.05, 0.1) is 17.1 Å². The molecule has 7 rings (SSSR count). The molecule has 0 fully saturated rings. The smallest absolute Gasteiger partial charge is 0.160 e. The van der Waals surface area contributed by atoms with Crippen LogP contribution in [0.2, 0.25) is 0 Å². The molecular weight excluding hydrogens is 486 g/mol. The number of hydrogen-bond acceptors (Lipinski definition) is 3. The van der Waals surface area contributed by atoms with Crippen molar-refractivity contribution in [3.63, 3.8) is 0 Å². The lowest BCUT2D eigenvalue weighted by Gasteiger charge is -2.13. The summed E-state index contributed by atoms with van der Waals surface area (Å²) < 4.78 is 0. The molecule has 188 valence electrons. The highest BCUT2D eigenvalue weighted by Crippen LogP contribution is 2.34. The van der Waals surface area contributed by atoms with Crippen LogP contribution in [0.15, 0.2) is 152 Å². The van der Waals surface area contributed by atoms with E-state index in [1.54, 1.807) is 0 Å². The van der Waals surface area contributed by atoms with E-state index in [1.807, 2.05) is 36.5 Å². The Balaban J connectivity index is 1.39. The van der Waals surface area contributed by atoms with Crippen molar-refractivity contribution in [3.8, 4) is 56.3 Å². The molecule has 2 aromatic heterocycles. The van der Waals surface area contributed by atoms with Crippen molar-refractivity contribution in [2.24, 2.45) is 0 Å². The van der Waals surface area contributed by atoms with E-state index in [2.05, 4.69) is 115 Å². The van der Waals surface area contributed by atoms with Gasteiger partial charge in [0.1, 0.15) is 0 Å². The third-order valence-electron chi connectivity index (χ3n) is 7.13. The molecule has 0 spiro atoms. The predicted octanol–water partition coefficient (Wildman–Crippen LogP) is 9.36. The average molecular weight is 512 g/mol. The second kappa shape index (κ2) is 10.4. The Bertz CT molecular complexity index is 1950. The van der Waals surface area contributed by atoms with Gasteiger partial charge in [-0.15, -0.1) is 0 Å². The van der Waals surface area contributed by atoms with Crippen LogP contribution in [-0.4, -0.2) is 15.0 Å². The maximum atomic E-state index is 5.14. The first kappa shape index (κ1) is 23.7. The van der Waals surface area contributed by atoms with Gasteiger partial charge in [-0.1, -0.05) is 127 Å². The fraction of sp³-hybridized carbons (Fsp3) is 0. The standard InChI is InChI=1S/C37H25N3/c1-3-12-26(13-4-1)32-20-9-10-21-33(32)36-24-35(27-14-5-2-6-15-27)39-37(40-36)30-19-11-18-29(22-30)34-23-28-16-7-8-17-31(28)25-38-34/h1-25H. The maximum absolute atomic E-state index is 5.14. The van der Waals surface area contributed by atoms with E-state index >= 15 is 0 Å². The van der Waals surface area contributed by atoms with Crippen molar-refractivity contribution in [2.45, 2.75) is 0 Å². The molecule has 5 aromatic carbocycles. The molecule has 2 heterocycles. The Morgan fingerprint density at radius 3 is 1.75 bits per heavy atom. The summed E-state index contributed by atoms with van der Waals surface area (Å²) in [5, 5.41) is 2.29. The first-order valence-corrected chi connectivity index (χ1v) is 13.4. The zero-order chi connectivity index (χ0) is 26.7. The molecule has 3 nitrogen and oxygen atoms in total. The van der Waals surface area contributed by atoms with Gasteiger partial charge in [-0.25, -0.2) is 9.97 Å². The Kier molecular flexibility index (Phi) is 6.15. The average Bonchev–Trinajstić information content (AvgIpc) is 3.05. The van der Waals surface area contributed by atoms with Crippen molar-refractivity contribution < 1.29 is 0 Å². The van der Waals surface area contributed by atoms with Crippen molar-refractivity contribution in [1.82, 2.24) is 15.0 Å². The normalized spacial score (nSPS) is 11.0. The fourth-order valence-electron chi connectivity index (χ4n) is 5.11. The van der Waals surface area contributed by atoms with Crippen molar-refractivity contribution >= 4 is 10.8 Å². The number of benzene rings is 5. The van der Waals surface area contributed by atoms with Crippen LogP contribution in [0.3, 0.4) is 0 Å². The third kappa shape index (κ3) is 4.65. The Hall–Kier alpha value is -5.41. The molecule has 0 unspecified atom stereocenters. The van der Waals surface area contributed by atoms with Gasteiger partial charge >= 0.3 is 0 Å². The summed E-state index contributed by atoms with van der Waals surface area (Å²) in [6.07, 6.45) is 1.93. The lowest BCUT2D eigenvalue weighted by atomic mass is 9.96. The summed E-state index contributed by atoms with van der Waals surface area (Å²) >= 11 is 0. The van der Waals surface area contributed by atoms with Gasteiger partial charge in [0.25, 0.3) is 0 Å². The minimum atomic E-state index is 0.682. The maximum Gasteiger partial charge on any atom is 0.160 e. The molecule has 0 atom stereocenters. The zero-order valence-electron chi connectivity index (χ0n) is 21.8. The third-order valence-corrected chi connectivity index (χ3v) is 7.13. The first-order chi connectivity index (χ1) is 19.8. The Morgan fingerprint density at radius 1 is 0.350 bits per heavy atom. The Labute approximate surface area is 233 Å². The molecule has 40 heavy (non-hydrogen) atoms. The van der Waals surface area contributed by atoms with E-state index < -0.39 is 0 Å². The van der Waals surface area contributed by atoms with Crippen molar-refractivity contribution in [3.05, 3.63) is 152 Å². The molecule has 0 amide bonds. The van der Waals surface area contributed by atoms with Crippen LogP contribution in [0.4, 0.5) is 0 Å². The predicted molar refractivity (Wildman–Crippen MR) is 165 cm³/mol. The molecule has 0 saturated heterocycles. The highest BCUT2D eigenvalue weighted by atomic mass is 14.9. The molecule has 0 aliphatic heterocycles. The van der Waals surface area contributed by atoms with E-state index in [0.29, 0.717) is 5.82 Å². The van der Waals surface area contributed by atoms with Crippen LogP contribution >= 0.6 is 0 Å². The highest BCUT2D eigenvalue weighted by Gasteiger charge is 2.14. The summed E-state index contributed by atoms with van der Waals surface area (Å²) in [7, 11) is 0. The fourth-order valence-corrected chi connectivity index (χ4v) is 5.11. The number of fused-ring (bicyclic) bond motifs is 1. The quantitative estimate of drug-likeness (QED) is 0.231. The lowest BCUT2D eigenvalue weighted by molar-refractivity contribution is 1.18. The van der Waals surface area contributed by atoms with E-state index in [1.165, 1.54) is 5.39 Å². The summed E-state index contributed by atoms with van der Waals surface area (Å²) in [6.45, 7) is 0. The molecule has 0 bridgehead atoms. The van der Waals surface area contributed by atoms with Gasteiger partial charge < -0.3 is 0 Å². The van der Waals surface area contributed by atoms with Crippen LogP contribution in [-0.2, 0) is 0 Å². The van der Waals surface area contributed by atoms with Gasteiger partial charge in [-0.3, -0.25) is 4.98 Å². The van der Waals surface area contributed by atoms with Crippen LogP contribution in [0, 0.1) is 0 Å². The topological polar surface area (TPSA) is 38.7 Å². The summed E-state index contributed by atoms with van der Waals surface area (Å²) in [5.41, 5.74) is 9.10. The first-order valence-electron chi connectivity index (χ1n) is 13.4. The summed E-state index contributed by atoms with van der Waals surface area (Å²) in [6, 6.07) is 50.1.